The number of aliphatic hydroxyl groups excluding tert-OH is 1. The van der Waals surface area contributed by atoms with Gasteiger partial charge in [-0.25, -0.2) is 0 Å². The van der Waals surface area contributed by atoms with Crippen molar-refractivity contribution >= 4 is 11.8 Å². The Labute approximate surface area is 105 Å². The van der Waals surface area contributed by atoms with Crippen molar-refractivity contribution in [2.75, 3.05) is 6.54 Å². The summed E-state index contributed by atoms with van der Waals surface area (Å²) in [5.41, 5.74) is 5.32. The Morgan fingerprint density at radius 2 is 2.18 bits per heavy atom. The zero-order valence-electron chi connectivity index (χ0n) is 9.84. The van der Waals surface area contributed by atoms with Crippen LogP contribution < -0.4 is 5.73 Å². The maximum Gasteiger partial charge on any atom is 0.256 e. The molecular weight excluding hydrogens is 238 g/mol. The smallest absolute Gasteiger partial charge is 0.256 e. The molecule has 1 atom stereocenters. The minimum absolute atomic E-state index is 0.109. The number of thioether (sulfide) groups is 1. The molecule has 0 spiro atoms. The second-order valence-electron chi connectivity index (χ2n) is 4.37. The van der Waals surface area contributed by atoms with Gasteiger partial charge >= 0.3 is 0 Å². The molecule has 0 saturated heterocycles. The van der Waals surface area contributed by atoms with Crippen LogP contribution in [0.15, 0.2) is 4.52 Å². The Bertz CT molecular complexity index is 339. The van der Waals surface area contributed by atoms with E-state index < -0.39 is 6.10 Å². The maximum atomic E-state index is 9.43. The van der Waals surface area contributed by atoms with Gasteiger partial charge in [0.05, 0.1) is 5.75 Å². The summed E-state index contributed by atoms with van der Waals surface area (Å²) >= 11 is 1.89. The van der Waals surface area contributed by atoms with Crippen LogP contribution in [0.5, 0.6) is 0 Å². The molecule has 6 heteroatoms. The predicted molar refractivity (Wildman–Crippen MR) is 66.5 cm³/mol. The van der Waals surface area contributed by atoms with Gasteiger partial charge < -0.3 is 15.4 Å². The van der Waals surface area contributed by atoms with E-state index in [1.807, 2.05) is 11.8 Å². The molecule has 0 bridgehead atoms. The minimum atomic E-state index is -0.837. The summed E-state index contributed by atoms with van der Waals surface area (Å²) in [5.74, 6) is 1.64. The van der Waals surface area contributed by atoms with Gasteiger partial charge in [-0.05, 0) is 12.8 Å². The summed E-state index contributed by atoms with van der Waals surface area (Å²) in [6, 6.07) is 0. The zero-order chi connectivity index (χ0) is 12.1. The molecule has 1 saturated carbocycles. The van der Waals surface area contributed by atoms with Crippen molar-refractivity contribution in [3.8, 4) is 0 Å². The second kappa shape index (κ2) is 6.37. The molecule has 5 nitrogen and oxygen atoms in total. The third kappa shape index (κ3) is 3.69. The predicted octanol–water partition coefficient (Wildman–Crippen LogP) is 1.63. The quantitative estimate of drug-likeness (QED) is 0.834. The summed E-state index contributed by atoms with van der Waals surface area (Å²) in [6.45, 7) is 0.109. The molecule has 0 aliphatic heterocycles. The average molecular weight is 257 g/mol. The van der Waals surface area contributed by atoms with Crippen LogP contribution in [0.2, 0.25) is 0 Å². The van der Waals surface area contributed by atoms with Crippen LogP contribution in [-0.4, -0.2) is 27.0 Å². The first-order valence-electron chi connectivity index (χ1n) is 6.12. The molecule has 1 aromatic heterocycles. The van der Waals surface area contributed by atoms with E-state index in [0.717, 1.165) is 11.0 Å². The van der Waals surface area contributed by atoms with Crippen molar-refractivity contribution in [2.45, 2.75) is 49.2 Å². The highest BCUT2D eigenvalue weighted by molar-refractivity contribution is 7.99. The minimum Gasteiger partial charge on any atom is -0.382 e. The third-order valence-corrected chi connectivity index (χ3v) is 4.36. The Morgan fingerprint density at radius 1 is 1.41 bits per heavy atom. The lowest BCUT2D eigenvalue weighted by atomic mass is 10.0. The van der Waals surface area contributed by atoms with Crippen molar-refractivity contribution in [1.29, 1.82) is 0 Å². The Kier molecular flexibility index (Phi) is 4.82. The van der Waals surface area contributed by atoms with Crippen molar-refractivity contribution in [1.82, 2.24) is 10.1 Å². The molecule has 0 aromatic carbocycles. The molecule has 0 amide bonds. The van der Waals surface area contributed by atoms with Gasteiger partial charge in [-0.3, -0.25) is 0 Å². The van der Waals surface area contributed by atoms with Gasteiger partial charge in [-0.2, -0.15) is 16.7 Å². The molecule has 1 fully saturated rings. The summed E-state index contributed by atoms with van der Waals surface area (Å²) in [7, 11) is 0. The Morgan fingerprint density at radius 3 is 2.88 bits per heavy atom. The molecule has 1 aromatic rings. The third-order valence-electron chi connectivity index (χ3n) is 2.99. The van der Waals surface area contributed by atoms with E-state index in [0.29, 0.717) is 5.82 Å². The zero-order valence-corrected chi connectivity index (χ0v) is 10.7. The van der Waals surface area contributed by atoms with Crippen LogP contribution in [0.3, 0.4) is 0 Å². The van der Waals surface area contributed by atoms with Crippen LogP contribution in [0.4, 0.5) is 0 Å². The fourth-order valence-corrected chi connectivity index (χ4v) is 3.16. The SMILES string of the molecule is NC[C@H](O)c1nc(CSC2CCCCC2)no1. The highest BCUT2D eigenvalue weighted by Crippen LogP contribution is 2.29. The number of rotatable bonds is 5. The summed E-state index contributed by atoms with van der Waals surface area (Å²) in [4.78, 5) is 4.14. The van der Waals surface area contributed by atoms with E-state index in [2.05, 4.69) is 10.1 Å². The van der Waals surface area contributed by atoms with Gasteiger partial charge in [-0.15, -0.1) is 0 Å². The average Bonchev–Trinajstić information content (AvgIpc) is 2.85. The van der Waals surface area contributed by atoms with Crippen LogP contribution in [0, 0.1) is 0 Å². The second-order valence-corrected chi connectivity index (χ2v) is 5.66. The highest BCUT2D eigenvalue weighted by atomic mass is 32.2. The van der Waals surface area contributed by atoms with Gasteiger partial charge in [0.25, 0.3) is 5.89 Å². The van der Waals surface area contributed by atoms with E-state index in [4.69, 9.17) is 10.3 Å². The summed E-state index contributed by atoms with van der Waals surface area (Å²) in [6.07, 6.45) is 5.78. The first-order chi connectivity index (χ1) is 8.29. The summed E-state index contributed by atoms with van der Waals surface area (Å²) in [5, 5.41) is 14.0. The van der Waals surface area contributed by atoms with E-state index in [1.54, 1.807) is 0 Å². The Hall–Kier alpha value is -0.590. The van der Waals surface area contributed by atoms with Crippen molar-refractivity contribution in [3.63, 3.8) is 0 Å². The number of nitrogens with zero attached hydrogens (tertiary/aromatic N) is 2. The molecule has 96 valence electrons. The van der Waals surface area contributed by atoms with Gasteiger partial charge in [0.15, 0.2) is 5.82 Å². The van der Waals surface area contributed by atoms with Crippen LogP contribution in [0.25, 0.3) is 0 Å². The van der Waals surface area contributed by atoms with Gasteiger partial charge in [0.2, 0.25) is 0 Å². The molecule has 17 heavy (non-hydrogen) atoms. The number of hydrogen-bond acceptors (Lipinski definition) is 6. The van der Waals surface area contributed by atoms with E-state index >= 15 is 0 Å². The van der Waals surface area contributed by atoms with Gasteiger partial charge in [0.1, 0.15) is 6.10 Å². The first kappa shape index (κ1) is 12.9. The number of aliphatic hydroxyl groups is 1. The number of nitrogens with two attached hydrogens (primary N) is 1. The lowest BCUT2D eigenvalue weighted by Crippen LogP contribution is -2.12. The molecule has 1 aliphatic rings. The normalized spacial score (nSPS) is 19.4. The fraction of sp³-hybridized carbons (Fsp3) is 0.818. The molecule has 1 heterocycles. The van der Waals surface area contributed by atoms with Gasteiger partial charge in [-0.1, -0.05) is 24.4 Å². The maximum absolute atomic E-state index is 9.43. The number of aromatic nitrogens is 2. The molecule has 2 rings (SSSR count). The van der Waals surface area contributed by atoms with Crippen LogP contribution >= 0.6 is 11.8 Å². The van der Waals surface area contributed by atoms with Crippen LogP contribution in [0.1, 0.15) is 49.9 Å². The largest absolute Gasteiger partial charge is 0.382 e. The topological polar surface area (TPSA) is 85.2 Å². The van der Waals surface area contributed by atoms with E-state index in [9.17, 15) is 5.11 Å². The van der Waals surface area contributed by atoms with Crippen molar-refractivity contribution in [2.24, 2.45) is 5.73 Å². The standard InChI is InChI=1S/C11H19N3O2S/c12-6-9(15)11-13-10(14-16-11)7-17-8-4-2-1-3-5-8/h8-9,15H,1-7,12H2/t9-/m0/s1. The summed E-state index contributed by atoms with van der Waals surface area (Å²) < 4.78 is 4.95. The lowest BCUT2D eigenvalue weighted by molar-refractivity contribution is 0.141. The first-order valence-corrected chi connectivity index (χ1v) is 7.16. The molecule has 1 aliphatic carbocycles. The fourth-order valence-electron chi connectivity index (χ4n) is 1.99. The molecular formula is C11H19N3O2S. The van der Waals surface area contributed by atoms with E-state index in [1.165, 1.54) is 32.1 Å². The highest BCUT2D eigenvalue weighted by Gasteiger charge is 2.17. The van der Waals surface area contributed by atoms with Crippen molar-refractivity contribution in [3.05, 3.63) is 11.7 Å². The molecule has 0 radical (unpaired) electrons. The monoisotopic (exact) mass is 257 g/mol. The van der Waals surface area contributed by atoms with Crippen LogP contribution in [-0.2, 0) is 5.75 Å². The van der Waals surface area contributed by atoms with Gasteiger partial charge in [0, 0.05) is 11.8 Å². The van der Waals surface area contributed by atoms with Crippen molar-refractivity contribution < 1.29 is 9.63 Å². The Balaban J connectivity index is 1.80. The number of hydrogen-bond donors (Lipinski definition) is 2. The van der Waals surface area contributed by atoms with E-state index in [-0.39, 0.29) is 12.4 Å². The molecule has 0 unspecified atom stereocenters. The molecule has 3 N–H and O–H groups in total. The lowest BCUT2D eigenvalue weighted by Gasteiger charge is -2.19.